The maximum atomic E-state index is 11.9. The van der Waals surface area contributed by atoms with Gasteiger partial charge in [-0.05, 0) is 23.7 Å². The minimum absolute atomic E-state index is 0.412. The quantitative estimate of drug-likeness (QED) is 0.625. The molecule has 0 saturated heterocycles. The lowest BCUT2D eigenvalue weighted by molar-refractivity contribution is -0.145. The molecular formula is C14H23ClN2O2Si. The summed E-state index contributed by atoms with van der Waals surface area (Å²) >= 11 is 5.81. The lowest BCUT2D eigenvalue weighted by Gasteiger charge is -2.20. The average Bonchev–Trinajstić information content (AvgIpc) is 2.36. The summed E-state index contributed by atoms with van der Waals surface area (Å²) in [5, 5.41) is 0.618. The van der Waals surface area contributed by atoms with Gasteiger partial charge in [-0.25, -0.2) is 0 Å². The monoisotopic (exact) mass is 314 g/mol. The topological polar surface area (TPSA) is 78.3 Å². The van der Waals surface area contributed by atoms with E-state index in [9.17, 15) is 4.79 Å². The summed E-state index contributed by atoms with van der Waals surface area (Å²) in [6.45, 7) is 7.08. The third-order valence-corrected chi connectivity index (χ3v) is 4.97. The molecule has 1 rings (SSSR count). The Bertz CT molecular complexity index is 445. The largest absolute Gasteiger partial charge is 0.465 e. The van der Waals surface area contributed by atoms with Gasteiger partial charge in [0.2, 0.25) is 0 Å². The van der Waals surface area contributed by atoms with Crippen LogP contribution >= 0.6 is 11.6 Å². The third-order valence-electron chi connectivity index (χ3n) is 3.01. The van der Waals surface area contributed by atoms with E-state index in [0.717, 1.165) is 11.6 Å². The van der Waals surface area contributed by atoms with E-state index in [0.29, 0.717) is 11.6 Å². The Hall–Kier alpha value is -0.883. The molecule has 2 atom stereocenters. The Kier molecular flexibility index (Phi) is 6.20. The molecule has 0 aliphatic heterocycles. The van der Waals surface area contributed by atoms with Gasteiger partial charge in [0.25, 0.3) is 0 Å². The van der Waals surface area contributed by atoms with Crippen LogP contribution in [0.2, 0.25) is 30.7 Å². The molecule has 0 saturated carbocycles. The zero-order chi connectivity index (χ0) is 15.3. The molecule has 0 radical (unpaired) electrons. The van der Waals surface area contributed by atoms with Gasteiger partial charge in [0.1, 0.15) is 6.04 Å². The van der Waals surface area contributed by atoms with Gasteiger partial charge in [-0.1, -0.05) is 43.4 Å². The first-order valence-corrected chi connectivity index (χ1v) is 10.7. The predicted octanol–water partition coefficient (Wildman–Crippen LogP) is 2.55. The van der Waals surface area contributed by atoms with Gasteiger partial charge in [0.15, 0.2) is 0 Å². The smallest absolute Gasteiger partial charge is 0.324 e. The molecular weight excluding hydrogens is 292 g/mol. The number of halogens is 1. The molecule has 0 spiro atoms. The van der Waals surface area contributed by atoms with Gasteiger partial charge in [0.05, 0.1) is 12.6 Å². The lowest BCUT2D eigenvalue weighted by atomic mass is 10.0. The van der Waals surface area contributed by atoms with Crippen LogP contribution in [0, 0.1) is 0 Å². The van der Waals surface area contributed by atoms with E-state index in [1.54, 1.807) is 24.3 Å². The van der Waals surface area contributed by atoms with Crippen molar-refractivity contribution in [3.8, 4) is 0 Å². The molecule has 0 aliphatic carbocycles. The van der Waals surface area contributed by atoms with Crippen molar-refractivity contribution >= 4 is 25.6 Å². The lowest BCUT2D eigenvalue weighted by Crippen LogP contribution is -2.42. The van der Waals surface area contributed by atoms with Crippen molar-refractivity contribution < 1.29 is 9.53 Å². The number of esters is 1. The zero-order valence-corrected chi connectivity index (χ0v) is 14.0. The maximum Gasteiger partial charge on any atom is 0.324 e. The number of carbonyl (C=O) groups excluding carboxylic acids is 1. The molecule has 4 nitrogen and oxygen atoms in total. The fraction of sp³-hybridized carbons (Fsp3) is 0.500. The molecule has 112 valence electrons. The van der Waals surface area contributed by atoms with E-state index in [1.165, 1.54) is 0 Å². The average molecular weight is 315 g/mol. The normalized spacial score (nSPS) is 14.7. The summed E-state index contributed by atoms with van der Waals surface area (Å²) in [5.41, 5.74) is 12.6. The predicted molar refractivity (Wildman–Crippen MR) is 85.5 cm³/mol. The molecule has 4 N–H and O–H groups in total. The maximum absolute atomic E-state index is 11.9. The number of nitrogens with two attached hydrogens (primary N) is 2. The van der Waals surface area contributed by atoms with Crippen LogP contribution in [0.15, 0.2) is 24.3 Å². The number of benzene rings is 1. The minimum Gasteiger partial charge on any atom is -0.465 e. The molecule has 20 heavy (non-hydrogen) atoms. The van der Waals surface area contributed by atoms with Crippen molar-refractivity contribution in [3.63, 3.8) is 0 Å². The van der Waals surface area contributed by atoms with E-state index in [4.69, 9.17) is 27.8 Å². The highest BCUT2D eigenvalue weighted by molar-refractivity contribution is 6.76. The van der Waals surface area contributed by atoms with Gasteiger partial charge in [-0.2, -0.15) is 0 Å². The molecule has 0 unspecified atom stereocenters. The fourth-order valence-corrected chi connectivity index (χ4v) is 2.43. The molecule has 1 aromatic carbocycles. The van der Waals surface area contributed by atoms with E-state index in [1.807, 2.05) is 0 Å². The number of rotatable bonds is 6. The summed E-state index contributed by atoms with van der Waals surface area (Å²) in [7, 11) is -1.22. The number of carbonyl (C=O) groups is 1. The summed E-state index contributed by atoms with van der Waals surface area (Å²) in [4.78, 5) is 11.9. The summed E-state index contributed by atoms with van der Waals surface area (Å²) in [6.07, 6.45) is 0. The van der Waals surface area contributed by atoms with Crippen LogP contribution in [0.25, 0.3) is 0 Å². The molecule has 0 aromatic heterocycles. The highest BCUT2D eigenvalue weighted by atomic mass is 35.5. The first kappa shape index (κ1) is 17.2. The van der Waals surface area contributed by atoms with Crippen molar-refractivity contribution in [2.75, 3.05) is 6.61 Å². The van der Waals surface area contributed by atoms with Gasteiger partial charge in [0, 0.05) is 13.1 Å². The van der Waals surface area contributed by atoms with E-state index < -0.39 is 26.1 Å². The summed E-state index contributed by atoms with van der Waals surface area (Å²) in [6, 6.07) is 6.44. The van der Waals surface area contributed by atoms with Crippen LogP contribution in [0.5, 0.6) is 0 Å². The van der Waals surface area contributed by atoms with Crippen LogP contribution in [0.1, 0.15) is 11.6 Å². The Balaban J connectivity index is 2.53. The molecule has 0 bridgehead atoms. The van der Waals surface area contributed by atoms with E-state index in [-0.39, 0.29) is 0 Å². The van der Waals surface area contributed by atoms with Crippen LogP contribution in [0.4, 0.5) is 0 Å². The highest BCUT2D eigenvalue weighted by Gasteiger charge is 2.24. The molecule has 0 heterocycles. The second kappa shape index (κ2) is 7.22. The molecule has 1 aromatic rings. The number of hydrogen-bond donors (Lipinski definition) is 2. The third kappa shape index (κ3) is 5.62. The van der Waals surface area contributed by atoms with Gasteiger partial charge < -0.3 is 16.2 Å². The summed E-state index contributed by atoms with van der Waals surface area (Å²) in [5.74, 6) is -0.453. The van der Waals surface area contributed by atoms with Crippen LogP contribution in [0.3, 0.4) is 0 Å². The van der Waals surface area contributed by atoms with E-state index in [2.05, 4.69) is 19.6 Å². The highest BCUT2D eigenvalue weighted by Crippen LogP contribution is 2.17. The SMILES string of the molecule is C[Si](C)(C)CCOC(=O)[C@H](N)[C@H](N)c1ccc(Cl)cc1. The van der Waals surface area contributed by atoms with Crippen molar-refractivity contribution in [2.24, 2.45) is 11.5 Å². The van der Waals surface area contributed by atoms with Crippen molar-refractivity contribution in [2.45, 2.75) is 37.8 Å². The van der Waals surface area contributed by atoms with Crippen LogP contribution in [-0.2, 0) is 9.53 Å². The van der Waals surface area contributed by atoms with Crippen LogP contribution in [-0.4, -0.2) is 26.7 Å². The Morgan fingerprint density at radius 1 is 1.25 bits per heavy atom. The van der Waals surface area contributed by atoms with E-state index >= 15 is 0 Å². The van der Waals surface area contributed by atoms with Gasteiger partial charge in [-0.15, -0.1) is 0 Å². The first-order chi connectivity index (χ1) is 9.20. The Morgan fingerprint density at radius 2 is 1.80 bits per heavy atom. The van der Waals surface area contributed by atoms with Gasteiger partial charge >= 0.3 is 5.97 Å². The molecule has 6 heteroatoms. The molecule has 0 amide bonds. The second-order valence-corrected chi connectivity index (χ2v) is 12.1. The fourth-order valence-electron chi connectivity index (χ4n) is 1.59. The standard InChI is InChI=1S/C14H23ClN2O2Si/c1-20(2,3)9-8-19-14(18)13(17)12(16)10-4-6-11(15)7-5-10/h4-7,12-13H,8-9,16-17H2,1-3H3/t12-,13-/m1/s1. The van der Waals surface area contributed by atoms with Crippen molar-refractivity contribution in [1.82, 2.24) is 0 Å². The zero-order valence-electron chi connectivity index (χ0n) is 12.2. The Morgan fingerprint density at radius 3 is 2.30 bits per heavy atom. The number of hydrogen-bond acceptors (Lipinski definition) is 4. The molecule has 0 fully saturated rings. The summed E-state index contributed by atoms with van der Waals surface area (Å²) < 4.78 is 5.21. The first-order valence-electron chi connectivity index (χ1n) is 6.64. The van der Waals surface area contributed by atoms with Crippen molar-refractivity contribution in [1.29, 1.82) is 0 Å². The van der Waals surface area contributed by atoms with Crippen LogP contribution < -0.4 is 11.5 Å². The second-order valence-electron chi connectivity index (χ2n) is 6.08. The minimum atomic E-state index is -1.22. The Labute approximate surface area is 126 Å². The van der Waals surface area contributed by atoms with Gasteiger partial charge in [-0.3, -0.25) is 4.79 Å². The number of ether oxygens (including phenoxy) is 1. The molecule has 0 aliphatic rings. The van der Waals surface area contributed by atoms with Crippen molar-refractivity contribution in [3.05, 3.63) is 34.9 Å².